The Morgan fingerprint density at radius 3 is 2.61 bits per heavy atom. The fourth-order valence-corrected chi connectivity index (χ4v) is 2.50. The van der Waals surface area contributed by atoms with E-state index >= 15 is 0 Å². The predicted molar refractivity (Wildman–Crippen MR) is 70.3 cm³/mol. The summed E-state index contributed by atoms with van der Waals surface area (Å²) in [5.74, 6) is 0.691. The molecule has 0 amide bonds. The molecule has 2 rings (SSSR count). The summed E-state index contributed by atoms with van der Waals surface area (Å²) in [6.45, 7) is 3.87. The predicted octanol–water partition coefficient (Wildman–Crippen LogP) is 2.29. The van der Waals surface area contributed by atoms with E-state index in [1.54, 1.807) is 0 Å². The van der Waals surface area contributed by atoms with Crippen LogP contribution in [0.5, 0.6) is 0 Å². The third kappa shape index (κ3) is 2.80. The van der Waals surface area contributed by atoms with E-state index < -0.39 is 0 Å². The quantitative estimate of drug-likeness (QED) is 0.838. The van der Waals surface area contributed by atoms with Gasteiger partial charge in [0.1, 0.15) is 11.9 Å². The lowest BCUT2D eigenvalue weighted by atomic mass is 9.93. The van der Waals surface area contributed by atoms with Crippen LogP contribution in [0.2, 0.25) is 0 Å². The van der Waals surface area contributed by atoms with E-state index in [0.29, 0.717) is 17.4 Å². The second kappa shape index (κ2) is 5.36. The molecule has 0 aliphatic heterocycles. The number of aliphatic hydroxyl groups excluding tert-OH is 1. The summed E-state index contributed by atoms with van der Waals surface area (Å²) >= 11 is 0. The zero-order valence-electron chi connectivity index (χ0n) is 10.9. The minimum atomic E-state index is -0.161. The minimum absolute atomic E-state index is 0.161. The molecule has 1 fully saturated rings. The number of nitriles is 1. The molecule has 0 atom stereocenters. The smallest absolute Gasteiger partial charge is 0.144 e. The third-order valence-electron chi connectivity index (χ3n) is 3.49. The van der Waals surface area contributed by atoms with E-state index in [0.717, 1.165) is 36.9 Å². The Morgan fingerprint density at radius 1 is 1.33 bits per heavy atom. The molecule has 1 heterocycles. The molecule has 0 radical (unpaired) electrons. The number of aliphatic hydroxyl groups is 1. The highest BCUT2D eigenvalue weighted by atomic mass is 16.3. The van der Waals surface area contributed by atoms with Crippen LogP contribution in [0, 0.1) is 25.2 Å². The molecule has 0 aromatic carbocycles. The molecule has 1 aromatic heterocycles. The van der Waals surface area contributed by atoms with Crippen molar-refractivity contribution in [3.05, 3.63) is 22.9 Å². The Hall–Kier alpha value is -1.60. The number of anilines is 1. The van der Waals surface area contributed by atoms with E-state index in [-0.39, 0.29) is 6.10 Å². The molecular formula is C14H19N3O. The van der Waals surface area contributed by atoms with Gasteiger partial charge in [-0.3, -0.25) is 0 Å². The first kappa shape index (κ1) is 12.8. The normalized spacial score (nSPS) is 23.4. The molecule has 1 aliphatic rings. The van der Waals surface area contributed by atoms with Crippen LogP contribution in [0.4, 0.5) is 5.82 Å². The van der Waals surface area contributed by atoms with Crippen LogP contribution in [-0.4, -0.2) is 22.2 Å². The molecule has 0 saturated heterocycles. The van der Waals surface area contributed by atoms with Gasteiger partial charge in [0.25, 0.3) is 0 Å². The van der Waals surface area contributed by atoms with Gasteiger partial charge < -0.3 is 10.4 Å². The van der Waals surface area contributed by atoms with Crippen LogP contribution < -0.4 is 5.32 Å². The zero-order valence-corrected chi connectivity index (χ0v) is 10.9. The molecule has 0 spiro atoms. The van der Waals surface area contributed by atoms with Gasteiger partial charge in [-0.05, 0) is 51.2 Å². The van der Waals surface area contributed by atoms with Crippen molar-refractivity contribution in [2.45, 2.75) is 51.7 Å². The number of pyridine rings is 1. The average molecular weight is 245 g/mol. The summed E-state index contributed by atoms with van der Waals surface area (Å²) < 4.78 is 0. The summed E-state index contributed by atoms with van der Waals surface area (Å²) in [6, 6.07) is 4.45. The van der Waals surface area contributed by atoms with Gasteiger partial charge in [0.2, 0.25) is 0 Å². The molecule has 0 bridgehead atoms. The van der Waals surface area contributed by atoms with Crippen molar-refractivity contribution in [1.82, 2.24) is 4.98 Å². The van der Waals surface area contributed by atoms with Crippen LogP contribution >= 0.6 is 0 Å². The highest BCUT2D eigenvalue weighted by Gasteiger charge is 2.20. The Labute approximate surface area is 108 Å². The van der Waals surface area contributed by atoms with Gasteiger partial charge in [-0.2, -0.15) is 5.26 Å². The fraction of sp³-hybridized carbons (Fsp3) is 0.571. The summed E-state index contributed by atoms with van der Waals surface area (Å²) in [6.07, 6.45) is 3.35. The van der Waals surface area contributed by atoms with Crippen molar-refractivity contribution in [1.29, 1.82) is 5.26 Å². The number of nitrogens with zero attached hydrogens (tertiary/aromatic N) is 2. The first-order valence-corrected chi connectivity index (χ1v) is 6.43. The van der Waals surface area contributed by atoms with Gasteiger partial charge in [-0.25, -0.2) is 4.98 Å². The minimum Gasteiger partial charge on any atom is -0.393 e. The van der Waals surface area contributed by atoms with Crippen LogP contribution in [-0.2, 0) is 0 Å². The summed E-state index contributed by atoms with van der Waals surface area (Å²) in [5.41, 5.74) is 2.51. The topological polar surface area (TPSA) is 68.9 Å². The number of rotatable bonds is 2. The van der Waals surface area contributed by atoms with Crippen molar-refractivity contribution < 1.29 is 5.11 Å². The Balaban J connectivity index is 2.16. The molecule has 1 saturated carbocycles. The maximum Gasteiger partial charge on any atom is 0.144 e. The standard InChI is InChI=1S/C14H19N3O/c1-9-7-10(2)16-14(13(9)8-15)17-11-3-5-12(18)6-4-11/h7,11-12,18H,3-6H2,1-2H3,(H,16,17). The Bertz CT molecular complexity index is 471. The van der Waals surface area contributed by atoms with Gasteiger partial charge in [0, 0.05) is 11.7 Å². The Kier molecular flexibility index (Phi) is 3.83. The third-order valence-corrected chi connectivity index (χ3v) is 3.49. The number of nitrogens with one attached hydrogen (secondary N) is 1. The van der Waals surface area contributed by atoms with Crippen LogP contribution in [0.15, 0.2) is 6.07 Å². The number of hydrogen-bond donors (Lipinski definition) is 2. The van der Waals surface area contributed by atoms with Crippen molar-refractivity contribution in [2.24, 2.45) is 0 Å². The van der Waals surface area contributed by atoms with E-state index in [2.05, 4.69) is 16.4 Å². The summed E-state index contributed by atoms with van der Waals surface area (Å²) in [4.78, 5) is 4.42. The van der Waals surface area contributed by atoms with Crippen LogP contribution in [0.1, 0.15) is 42.5 Å². The highest BCUT2D eigenvalue weighted by Crippen LogP contribution is 2.24. The molecule has 1 aromatic rings. The van der Waals surface area contributed by atoms with Gasteiger partial charge >= 0.3 is 0 Å². The summed E-state index contributed by atoms with van der Waals surface area (Å²) in [7, 11) is 0. The van der Waals surface area contributed by atoms with Gasteiger partial charge in [-0.15, -0.1) is 0 Å². The maximum atomic E-state index is 9.49. The SMILES string of the molecule is Cc1cc(C)c(C#N)c(NC2CCC(O)CC2)n1. The zero-order chi connectivity index (χ0) is 13.1. The van der Waals surface area contributed by atoms with Gasteiger partial charge in [0.05, 0.1) is 11.7 Å². The highest BCUT2D eigenvalue weighted by molar-refractivity contribution is 5.56. The average Bonchev–Trinajstić information content (AvgIpc) is 2.32. The van der Waals surface area contributed by atoms with E-state index in [1.165, 1.54) is 0 Å². The molecule has 4 heteroatoms. The number of hydrogen-bond acceptors (Lipinski definition) is 4. The lowest BCUT2D eigenvalue weighted by Crippen LogP contribution is -2.29. The molecule has 18 heavy (non-hydrogen) atoms. The van der Waals surface area contributed by atoms with Crippen LogP contribution in [0.25, 0.3) is 0 Å². The van der Waals surface area contributed by atoms with Gasteiger partial charge in [0.15, 0.2) is 0 Å². The molecule has 1 aliphatic carbocycles. The van der Waals surface area contributed by atoms with Gasteiger partial charge in [-0.1, -0.05) is 0 Å². The van der Waals surface area contributed by atoms with E-state index in [9.17, 15) is 10.4 Å². The molecule has 96 valence electrons. The first-order valence-electron chi connectivity index (χ1n) is 6.43. The number of aromatic nitrogens is 1. The maximum absolute atomic E-state index is 9.49. The number of aryl methyl sites for hydroxylation is 2. The lowest BCUT2D eigenvalue weighted by Gasteiger charge is -2.27. The van der Waals surface area contributed by atoms with Crippen molar-refractivity contribution in [3.63, 3.8) is 0 Å². The second-order valence-electron chi connectivity index (χ2n) is 5.07. The van der Waals surface area contributed by atoms with Crippen molar-refractivity contribution in [3.8, 4) is 6.07 Å². The van der Waals surface area contributed by atoms with Crippen LogP contribution in [0.3, 0.4) is 0 Å². The fourth-order valence-electron chi connectivity index (χ4n) is 2.50. The lowest BCUT2D eigenvalue weighted by molar-refractivity contribution is 0.126. The first-order chi connectivity index (χ1) is 8.60. The molecule has 2 N–H and O–H groups in total. The second-order valence-corrected chi connectivity index (χ2v) is 5.07. The summed E-state index contributed by atoms with van der Waals surface area (Å²) in [5, 5.41) is 22.0. The van der Waals surface area contributed by atoms with E-state index in [1.807, 2.05) is 19.9 Å². The molecule has 4 nitrogen and oxygen atoms in total. The largest absolute Gasteiger partial charge is 0.393 e. The Morgan fingerprint density at radius 2 is 2.00 bits per heavy atom. The van der Waals surface area contributed by atoms with E-state index in [4.69, 9.17) is 0 Å². The molecular weight excluding hydrogens is 226 g/mol. The van der Waals surface area contributed by atoms with Crippen molar-refractivity contribution >= 4 is 5.82 Å². The monoisotopic (exact) mass is 245 g/mol. The molecule has 0 unspecified atom stereocenters. The van der Waals surface area contributed by atoms with Crippen molar-refractivity contribution in [2.75, 3.05) is 5.32 Å².